The van der Waals surface area contributed by atoms with E-state index in [1.165, 1.54) is 17.1 Å². The van der Waals surface area contributed by atoms with Gasteiger partial charge >= 0.3 is 0 Å². The Morgan fingerprint density at radius 2 is 2.14 bits per heavy atom. The molecule has 1 amide bonds. The summed E-state index contributed by atoms with van der Waals surface area (Å²) < 4.78 is 0. The van der Waals surface area contributed by atoms with E-state index in [9.17, 15) is 4.79 Å². The Kier molecular flexibility index (Phi) is 7.06. The molecule has 4 nitrogen and oxygen atoms in total. The summed E-state index contributed by atoms with van der Waals surface area (Å²) in [5.74, 6) is 2.54. The normalized spacial score (nSPS) is 15.9. The zero-order valence-corrected chi connectivity index (χ0v) is 13.5. The number of carbonyl (C=O) groups excluding carboxylic acids is 1. The maximum absolute atomic E-state index is 11.8. The summed E-state index contributed by atoms with van der Waals surface area (Å²) in [6.45, 7) is 4.17. The molecule has 0 saturated carbocycles. The number of amides is 1. The molecule has 1 aromatic rings. The van der Waals surface area contributed by atoms with Crippen LogP contribution in [-0.2, 0) is 11.3 Å². The van der Waals surface area contributed by atoms with Crippen molar-refractivity contribution in [1.82, 2.24) is 10.2 Å². The first-order valence-electron chi connectivity index (χ1n) is 7.61. The van der Waals surface area contributed by atoms with Gasteiger partial charge in [-0.05, 0) is 37.7 Å². The van der Waals surface area contributed by atoms with Crippen molar-refractivity contribution in [3.63, 3.8) is 0 Å². The van der Waals surface area contributed by atoms with Crippen LogP contribution in [0.5, 0.6) is 0 Å². The fourth-order valence-electron chi connectivity index (χ4n) is 2.41. The van der Waals surface area contributed by atoms with Crippen LogP contribution in [0, 0.1) is 0 Å². The van der Waals surface area contributed by atoms with Crippen molar-refractivity contribution in [3.8, 4) is 0 Å². The maximum Gasteiger partial charge on any atom is 0.224 e. The van der Waals surface area contributed by atoms with Gasteiger partial charge in [0, 0.05) is 43.2 Å². The molecule has 0 atom stereocenters. The van der Waals surface area contributed by atoms with Gasteiger partial charge in [-0.15, -0.1) is 0 Å². The molecule has 5 heteroatoms. The summed E-state index contributed by atoms with van der Waals surface area (Å²) in [6, 6.07) is 8.22. The number of hydrogen-bond donors (Lipinski definition) is 2. The standard InChI is InChI=1S/C16H25N3OS/c1-17-7-3-6-16(20)18-15-5-2-4-14(12-15)13-19-8-10-21-11-9-19/h2,4-5,12,17H,3,6-11,13H2,1H3,(H,18,20). The largest absolute Gasteiger partial charge is 0.326 e. The average molecular weight is 307 g/mol. The molecule has 0 bridgehead atoms. The Hall–Kier alpha value is -1.04. The number of rotatable bonds is 7. The van der Waals surface area contributed by atoms with Crippen molar-refractivity contribution in [3.05, 3.63) is 29.8 Å². The molecule has 1 aliphatic heterocycles. The number of anilines is 1. The van der Waals surface area contributed by atoms with E-state index in [0.717, 1.165) is 38.3 Å². The van der Waals surface area contributed by atoms with Crippen LogP contribution in [0.1, 0.15) is 18.4 Å². The van der Waals surface area contributed by atoms with E-state index < -0.39 is 0 Å². The van der Waals surface area contributed by atoms with Gasteiger partial charge in [-0.3, -0.25) is 9.69 Å². The topological polar surface area (TPSA) is 44.4 Å². The molecule has 2 rings (SSSR count). The van der Waals surface area contributed by atoms with Gasteiger partial charge in [-0.25, -0.2) is 0 Å². The van der Waals surface area contributed by atoms with Gasteiger partial charge in [0.2, 0.25) is 5.91 Å². The van der Waals surface area contributed by atoms with Crippen LogP contribution < -0.4 is 10.6 Å². The number of thioether (sulfide) groups is 1. The van der Waals surface area contributed by atoms with Crippen LogP contribution >= 0.6 is 11.8 Å². The van der Waals surface area contributed by atoms with Crippen LogP contribution in [0.2, 0.25) is 0 Å². The van der Waals surface area contributed by atoms with Crippen molar-refractivity contribution in [2.75, 3.05) is 43.5 Å². The Bertz CT molecular complexity index is 447. The Morgan fingerprint density at radius 3 is 2.90 bits per heavy atom. The van der Waals surface area contributed by atoms with E-state index in [-0.39, 0.29) is 5.91 Å². The molecule has 0 spiro atoms. The fourth-order valence-corrected chi connectivity index (χ4v) is 3.39. The highest BCUT2D eigenvalue weighted by Crippen LogP contribution is 2.16. The lowest BCUT2D eigenvalue weighted by molar-refractivity contribution is -0.116. The second kappa shape index (κ2) is 9.07. The highest BCUT2D eigenvalue weighted by molar-refractivity contribution is 7.99. The fraction of sp³-hybridized carbons (Fsp3) is 0.562. The van der Waals surface area contributed by atoms with Crippen molar-refractivity contribution < 1.29 is 4.79 Å². The lowest BCUT2D eigenvalue weighted by atomic mass is 10.1. The summed E-state index contributed by atoms with van der Waals surface area (Å²) >= 11 is 2.03. The molecule has 21 heavy (non-hydrogen) atoms. The predicted molar refractivity (Wildman–Crippen MR) is 90.8 cm³/mol. The van der Waals surface area contributed by atoms with Crippen LogP contribution in [0.25, 0.3) is 0 Å². The molecule has 0 aromatic heterocycles. The third-order valence-corrected chi connectivity index (χ3v) is 4.49. The van der Waals surface area contributed by atoms with Gasteiger partial charge in [0.05, 0.1) is 0 Å². The van der Waals surface area contributed by atoms with Crippen LogP contribution in [0.15, 0.2) is 24.3 Å². The van der Waals surface area contributed by atoms with Crippen LogP contribution in [0.4, 0.5) is 5.69 Å². The minimum Gasteiger partial charge on any atom is -0.326 e. The van der Waals surface area contributed by atoms with Gasteiger partial charge in [0.25, 0.3) is 0 Å². The molecule has 0 unspecified atom stereocenters. The SMILES string of the molecule is CNCCCC(=O)Nc1cccc(CN2CCSCC2)c1. The maximum atomic E-state index is 11.8. The van der Waals surface area contributed by atoms with E-state index in [2.05, 4.69) is 27.7 Å². The lowest BCUT2D eigenvalue weighted by Gasteiger charge is -2.26. The molecule has 0 aliphatic carbocycles. The first-order chi connectivity index (χ1) is 10.3. The van der Waals surface area contributed by atoms with Crippen molar-refractivity contribution >= 4 is 23.4 Å². The van der Waals surface area contributed by atoms with E-state index >= 15 is 0 Å². The second-order valence-electron chi connectivity index (χ2n) is 5.34. The Labute approximate surface area is 131 Å². The number of carbonyl (C=O) groups is 1. The predicted octanol–water partition coefficient (Wildman–Crippen LogP) is 2.17. The summed E-state index contributed by atoms with van der Waals surface area (Å²) in [7, 11) is 1.90. The van der Waals surface area contributed by atoms with Crippen molar-refractivity contribution in [2.45, 2.75) is 19.4 Å². The summed E-state index contributed by atoms with van der Waals surface area (Å²) in [5.41, 5.74) is 2.18. The second-order valence-corrected chi connectivity index (χ2v) is 6.57. The third-order valence-electron chi connectivity index (χ3n) is 3.55. The monoisotopic (exact) mass is 307 g/mol. The minimum atomic E-state index is 0.0942. The summed E-state index contributed by atoms with van der Waals surface area (Å²) in [6.07, 6.45) is 1.43. The smallest absolute Gasteiger partial charge is 0.224 e. The van der Waals surface area contributed by atoms with Crippen molar-refractivity contribution in [1.29, 1.82) is 0 Å². The average Bonchev–Trinajstić information content (AvgIpc) is 2.49. The van der Waals surface area contributed by atoms with Gasteiger partial charge in [-0.1, -0.05) is 12.1 Å². The van der Waals surface area contributed by atoms with Crippen molar-refractivity contribution in [2.24, 2.45) is 0 Å². The zero-order valence-electron chi connectivity index (χ0n) is 12.7. The third kappa shape index (κ3) is 6.08. The van der Waals surface area contributed by atoms with Gasteiger partial charge in [0.15, 0.2) is 0 Å². The highest BCUT2D eigenvalue weighted by atomic mass is 32.2. The van der Waals surface area contributed by atoms with Gasteiger partial charge in [-0.2, -0.15) is 11.8 Å². The molecule has 2 N–H and O–H groups in total. The van der Waals surface area contributed by atoms with E-state index in [0.29, 0.717) is 6.42 Å². The van der Waals surface area contributed by atoms with E-state index in [4.69, 9.17) is 0 Å². The molecular weight excluding hydrogens is 282 g/mol. The molecule has 1 heterocycles. The number of benzene rings is 1. The van der Waals surface area contributed by atoms with Gasteiger partial charge < -0.3 is 10.6 Å². The minimum absolute atomic E-state index is 0.0942. The highest BCUT2D eigenvalue weighted by Gasteiger charge is 2.11. The molecular formula is C16H25N3OS. The molecule has 0 radical (unpaired) electrons. The molecule has 1 saturated heterocycles. The zero-order chi connectivity index (χ0) is 14.9. The molecule has 1 fully saturated rings. The quantitative estimate of drug-likeness (QED) is 0.758. The number of nitrogens with zero attached hydrogens (tertiary/aromatic N) is 1. The molecule has 116 valence electrons. The summed E-state index contributed by atoms with van der Waals surface area (Å²) in [5, 5.41) is 6.04. The summed E-state index contributed by atoms with van der Waals surface area (Å²) in [4.78, 5) is 14.3. The van der Waals surface area contributed by atoms with E-state index in [1.54, 1.807) is 0 Å². The molecule has 1 aromatic carbocycles. The Morgan fingerprint density at radius 1 is 1.33 bits per heavy atom. The number of nitrogens with one attached hydrogen (secondary N) is 2. The van der Waals surface area contributed by atoms with Crippen LogP contribution in [-0.4, -0.2) is 49.0 Å². The van der Waals surface area contributed by atoms with Crippen LogP contribution in [0.3, 0.4) is 0 Å². The molecule has 1 aliphatic rings. The first-order valence-corrected chi connectivity index (χ1v) is 8.77. The lowest BCUT2D eigenvalue weighted by Crippen LogP contribution is -2.31. The Balaban J connectivity index is 1.83. The van der Waals surface area contributed by atoms with E-state index in [1.807, 2.05) is 30.9 Å². The number of hydrogen-bond acceptors (Lipinski definition) is 4. The van der Waals surface area contributed by atoms with Gasteiger partial charge in [0.1, 0.15) is 0 Å². The first kappa shape index (κ1) is 16.3.